The first-order valence-electron chi connectivity index (χ1n) is 10.1. The van der Waals surface area contributed by atoms with E-state index in [9.17, 15) is 4.79 Å². The molecule has 2 atom stereocenters. The quantitative estimate of drug-likeness (QED) is 0.737. The van der Waals surface area contributed by atoms with Crippen LogP contribution in [0, 0.1) is 5.92 Å². The van der Waals surface area contributed by atoms with E-state index < -0.39 is 6.10 Å². The van der Waals surface area contributed by atoms with Gasteiger partial charge in [-0.2, -0.15) is 0 Å². The minimum absolute atomic E-state index is 0.0959. The number of thiazole rings is 1. The maximum atomic E-state index is 13.0. The highest BCUT2D eigenvalue weighted by molar-refractivity contribution is 7.21. The van der Waals surface area contributed by atoms with Gasteiger partial charge in [0.05, 0.1) is 12.7 Å². The van der Waals surface area contributed by atoms with Gasteiger partial charge in [-0.1, -0.05) is 25.2 Å². The van der Waals surface area contributed by atoms with Crippen molar-refractivity contribution in [2.75, 3.05) is 44.3 Å². The first kappa shape index (κ1) is 19.5. The lowest BCUT2D eigenvalue weighted by Crippen LogP contribution is -2.53. The van der Waals surface area contributed by atoms with Crippen LogP contribution in [0.2, 0.25) is 0 Å². The molecule has 7 nitrogen and oxygen atoms in total. The molecule has 152 valence electrons. The minimum Gasteiger partial charge on any atom is -0.376 e. The first-order chi connectivity index (χ1) is 13.6. The Kier molecular flexibility index (Phi) is 6.08. The third-order valence-electron chi connectivity index (χ3n) is 5.35. The third-order valence-corrected chi connectivity index (χ3v) is 6.39. The number of carbonyl (C=O) groups excluding carboxylic acids is 1. The number of ether oxygens (including phenoxy) is 2. The summed E-state index contributed by atoms with van der Waals surface area (Å²) in [5.74, 6) is 0.237. The summed E-state index contributed by atoms with van der Waals surface area (Å²) < 4.78 is 11.6. The van der Waals surface area contributed by atoms with Gasteiger partial charge in [0.1, 0.15) is 16.5 Å². The van der Waals surface area contributed by atoms with Gasteiger partial charge in [0.2, 0.25) is 0 Å². The Balaban J connectivity index is 1.33. The Hall–Kier alpha value is -1.77. The number of piperazine rings is 1. The number of carbonyl (C=O) groups is 1. The van der Waals surface area contributed by atoms with Crippen LogP contribution in [0.3, 0.4) is 0 Å². The van der Waals surface area contributed by atoms with Crippen molar-refractivity contribution in [3.8, 4) is 0 Å². The van der Waals surface area contributed by atoms with E-state index >= 15 is 0 Å². The second kappa shape index (κ2) is 8.71. The molecular weight excluding hydrogens is 376 g/mol. The van der Waals surface area contributed by atoms with Crippen LogP contribution in [0.5, 0.6) is 0 Å². The first-order valence-corrected chi connectivity index (χ1v) is 10.9. The third kappa shape index (κ3) is 4.29. The summed E-state index contributed by atoms with van der Waals surface area (Å²) in [4.78, 5) is 27.2. The van der Waals surface area contributed by atoms with E-state index in [1.807, 2.05) is 30.9 Å². The van der Waals surface area contributed by atoms with Crippen molar-refractivity contribution in [3.63, 3.8) is 0 Å². The molecular formula is C20H28N4O3S. The van der Waals surface area contributed by atoms with Gasteiger partial charge in [0.15, 0.2) is 5.13 Å². The maximum Gasteiger partial charge on any atom is 0.252 e. The Morgan fingerprint density at radius 2 is 2.18 bits per heavy atom. The van der Waals surface area contributed by atoms with Crippen molar-refractivity contribution in [1.29, 1.82) is 0 Å². The number of hydrogen-bond donors (Lipinski definition) is 0. The number of nitrogens with zero attached hydrogens (tertiary/aromatic N) is 4. The topological polar surface area (TPSA) is 67.8 Å². The van der Waals surface area contributed by atoms with Gasteiger partial charge in [-0.25, -0.2) is 9.97 Å². The summed E-state index contributed by atoms with van der Waals surface area (Å²) >= 11 is 1.61. The molecule has 0 N–H and O–H groups in total. The number of pyridine rings is 1. The molecule has 2 aromatic heterocycles. The highest BCUT2D eigenvalue weighted by atomic mass is 32.1. The van der Waals surface area contributed by atoms with Crippen molar-refractivity contribution in [1.82, 2.24) is 14.9 Å². The van der Waals surface area contributed by atoms with Crippen LogP contribution in [0.4, 0.5) is 5.13 Å². The summed E-state index contributed by atoms with van der Waals surface area (Å²) in [7, 11) is 0. The van der Waals surface area contributed by atoms with Crippen LogP contribution < -0.4 is 4.90 Å². The van der Waals surface area contributed by atoms with Gasteiger partial charge < -0.3 is 19.3 Å². The van der Waals surface area contributed by atoms with E-state index in [0.29, 0.717) is 19.7 Å². The highest BCUT2D eigenvalue weighted by Gasteiger charge is 2.32. The molecule has 2 aromatic rings. The fourth-order valence-corrected chi connectivity index (χ4v) is 4.69. The van der Waals surface area contributed by atoms with E-state index in [-0.39, 0.29) is 17.9 Å². The lowest BCUT2D eigenvalue weighted by atomic mass is 10.1. The van der Waals surface area contributed by atoms with Crippen LogP contribution in [0.15, 0.2) is 18.3 Å². The monoisotopic (exact) mass is 404 g/mol. The van der Waals surface area contributed by atoms with Gasteiger partial charge in [-0.05, 0) is 30.9 Å². The molecule has 0 aromatic carbocycles. The predicted octanol–water partition coefficient (Wildman–Crippen LogP) is 2.56. The van der Waals surface area contributed by atoms with Gasteiger partial charge in [-0.3, -0.25) is 4.79 Å². The van der Waals surface area contributed by atoms with Crippen molar-refractivity contribution in [3.05, 3.63) is 18.3 Å². The van der Waals surface area contributed by atoms with Crippen LogP contribution in [0.1, 0.15) is 26.7 Å². The number of anilines is 1. The standard InChI is InChI=1S/C20H28N4O3S/c1-14(2)17(27-13-15-5-4-12-26-15)19(25)23-8-10-24(11-9-23)20-22-16-6-3-7-21-18(16)28-20/h3,6-7,14-15,17H,4-5,8-13H2,1-2H3. The van der Waals surface area contributed by atoms with Crippen molar-refractivity contribution >= 4 is 32.7 Å². The average molecular weight is 405 g/mol. The zero-order valence-corrected chi connectivity index (χ0v) is 17.4. The number of amides is 1. The van der Waals surface area contributed by atoms with E-state index in [0.717, 1.165) is 48.0 Å². The Morgan fingerprint density at radius 3 is 2.86 bits per heavy atom. The molecule has 4 rings (SSSR count). The zero-order chi connectivity index (χ0) is 19.5. The second-order valence-electron chi connectivity index (χ2n) is 7.77. The van der Waals surface area contributed by atoms with E-state index in [2.05, 4.69) is 14.9 Å². The SMILES string of the molecule is CC(C)C(OCC1CCCO1)C(=O)N1CCN(c2nc3cccnc3s2)CC1. The maximum absolute atomic E-state index is 13.0. The number of hydrogen-bond acceptors (Lipinski definition) is 7. The smallest absolute Gasteiger partial charge is 0.252 e. The molecule has 2 fully saturated rings. The van der Waals surface area contributed by atoms with Gasteiger partial charge in [0.25, 0.3) is 5.91 Å². The van der Waals surface area contributed by atoms with Crippen molar-refractivity contribution in [2.45, 2.75) is 38.9 Å². The molecule has 2 unspecified atom stereocenters. The molecule has 2 aliphatic heterocycles. The van der Waals surface area contributed by atoms with Crippen LogP contribution in [-0.2, 0) is 14.3 Å². The Labute approximate surface area is 169 Å². The average Bonchev–Trinajstić information content (AvgIpc) is 3.37. The fourth-order valence-electron chi connectivity index (χ4n) is 3.73. The van der Waals surface area contributed by atoms with Crippen LogP contribution in [0.25, 0.3) is 10.3 Å². The molecule has 0 radical (unpaired) electrons. The largest absolute Gasteiger partial charge is 0.376 e. The van der Waals surface area contributed by atoms with Crippen molar-refractivity contribution < 1.29 is 14.3 Å². The second-order valence-corrected chi connectivity index (χ2v) is 8.73. The summed E-state index contributed by atoms with van der Waals surface area (Å²) in [6, 6.07) is 3.89. The summed E-state index contributed by atoms with van der Waals surface area (Å²) in [5, 5.41) is 0.982. The number of fused-ring (bicyclic) bond motifs is 1. The zero-order valence-electron chi connectivity index (χ0n) is 16.5. The molecule has 8 heteroatoms. The molecule has 0 saturated carbocycles. The molecule has 4 heterocycles. The molecule has 2 aliphatic rings. The summed E-state index contributed by atoms with van der Waals surface area (Å²) in [6.07, 6.45) is 3.64. The Bertz CT molecular complexity index is 765. The molecule has 0 spiro atoms. The minimum atomic E-state index is -0.401. The van der Waals surface area contributed by atoms with Crippen LogP contribution >= 0.6 is 11.3 Å². The predicted molar refractivity (Wildman–Crippen MR) is 110 cm³/mol. The lowest BCUT2D eigenvalue weighted by molar-refractivity contribution is -0.149. The summed E-state index contributed by atoms with van der Waals surface area (Å²) in [6.45, 7) is 8.34. The van der Waals surface area contributed by atoms with Gasteiger partial charge in [-0.15, -0.1) is 0 Å². The molecule has 0 aliphatic carbocycles. The van der Waals surface area contributed by atoms with Crippen LogP contribution in [-0.4, -0.2) is 72.4 Å². The Morgan fingerprint density at radius 1 is 1.36 bits per heavy atom. The highest BCUT2D eigenvalue weighted by Crippen LogP contribution is 2.28. The number of rotatable bonds is 6. The molecule has 28 heavy (non-hydrogen) atoms. The summed E-state index contributed by atoms with van der Waals surface area (Å²) in [5.41, 5.74) is 0.934. The van der Waals surface area contributed by atoms with Crippen molar-refractivity contribution in [2.24, 2.45) is 5.92 Å². The lowest BCUT2D eigenvalue weighted by Gasteiger charge is -2.37. The van der Waals surface area contributed by atoms with E-state index in [1.54, 1.807) is 17.5 Å². The van der Waals surface area contributed by atoms with Gasteiger partial charge in [0, 0.05) is 39.0 Å². The van der Waals surface area contributed by atoms with Gasteiger partial charge >= 0.3 is 0 Å². The van der Waals surface area contributed by atoms with E-state index in [1.165, 1.54) is 0 Å². The fraction of sp³-hybridized carbons (Fsp3) is 0.650. The molecule has 2 saturated heterocycles. The molecule has 1 amide bonds. The number of aromatic nitrogens is 2. The van der Waals surface area contributed by atoms with E-state index in [4.69, 9.17) is 9.47 Å². The normalized spacial score (nSPS) is 21.6. The molecule has 0 bridgehead atoms.